The Morgan fingerprint density at radius 1 is 1.43 bits per heavy atom. The van der Waals surface area contributed by atoms with Crippen molar-refractivity contribution in [3.63, 3.8) is 0 Å². The topological polar surface area (TPSA) is 50.4 Å². The van der Waals surface area contributed by atoms with E-state index in [1.54, 1.807) is 7.11 Å². The van der Waals surface area contributed by atoms with Gasteiger partial charge in [-0.05, 0) is 44.0 Å². The van der Waals surface area contributed by atoms with Gasteiger partial charge < -0.3 is 15.4 Å². The van der Waals surface area contributed by atoms with E-state index >= 15 is 0 Å². The Morgan fingerprint density at radius 3 is 2.71 bits per heavy atom. The van der Waals surface area contributed by atoms with Gasteiger partial charge in [-0.1, -0.05) is 23.7 Å². The standard InChI is InChI=1S/C16H23ClN2O2/c1-11(19-16(20)13-4-3-9-18-10-13)15(21-2)12-5-7-14(17)8-6-12/h5-8,11,13,15,18H,3-4,9-10H2,1-2H3,(H,19,20). The smallest absolute Gasteiger partial charge is 0.224 e. The normalized spacial score (nSPS) is 21.6. The summed E-state index contributed by atoms with van der Waals surface area (Å²) in [6.07, 6.45) is 1.82. The molecule has 0 spiro atoms. The summed E-state index contributed by atoms with van der Waals surface area (Å²) in [4.78, 5) is 12.3. The number of methoxy groups -OCH3 is 1. The Kier molecular flexibility index (Phi) is 6.03. The lowest BCUT2D eigenvalue weighted by Crippen LogP contribution is -2.45. The molecule has 3 atom stereocenters. The summed E-state index contributed by atoms with van der Waals surface area (Å²) in [5, 5.41) is 7.03. The number of hydrogen-bond donors (Lipinski definition) is 2. The molecule has 0 bridgehead atoms. The number of amides is 1. The van der Waals surface area contributed by atoms with Crippen molar-refractivity contribution >= 4 is 17.5 Å². The zero-order valence-electron chi connectivity index (χ0n) is 12.6. The van der Waals surface area contributed by atoms with Crippen LogP contribution in [0.3, 0.4) is 0 Å². The van der Waals surface area contributed by atoms with Gasteiger partial charge in [-0.3, -0.25) is 4.79 Å². The predicted molar refractivity (Wildman–Crippen MR) is 84.4 cm³/mol. The first-order valence-corrected chi connectivity index (χ1v) is 7.79. The van der Waals surface area contributed by atoms with Crippen LogP contribution in [-0.4, -0.2) is 32.1 Å². The van der Waals surface area contributed by atoms with Gasteiger partial charge in [0, 0.05) is 18.7 Å². The Balaban J connectivity index is 1.97. The highest BCUT2D eigenvalue weighted by atomic mass is 35.5. The Labute approximate surface area is 131 Å². The van der Waals surface area contributed by atoms with Crippen LogP contribution in [0.25, 0.3) is 0 Å². The van der Waals surface area contributed by atoms with Crippen molar-refractivity contribution < 1.29 is 9.53 Å². The Morgan fingerprint density at radius 2 is 2.14 bits per heavy atom. The van der Waals surface area contributed by atoms with Crippen molar-refractivity contribution in [2.75, 3.05) is 20.2 Å². The third-order valence-corrected chi connectivity index (χ3v) is 4.20. The highest BCUT2D eigenvalue weighted by Gasteiger charge is 2.26. The molecule has 0 radical (unpaired) electrons. The minimum Gasteiger partial charge on any atom is -0.375 e. The van der Waals surface area contributed by atoms with Crippen LogP contribution >= 0.6 is 11.6 Å². The second-order valence-electron chi connectivity index (χ2n) is 5.55. The molecule has 2 N–H and O–H groups in total. The molecule has 1 aromatic rings. The van der Waals surface area contributed by atoms with Crippen molar-refractivity contribution in [3.05, 3.63) is 34.9 Å². The number of nitrogens with one attached hydrogen (secondary N) is 2. The van der Waals surface area contributed by atoms with E-state index in [9.17, 15) is 4.79 Å². The third-order valence-electron chi connectivity index (χ3n) is 3.94. The fraction of sp³-hybridized carbons (Fsp3) is 0.562. The second kappa shape index (κ2) is 7.78. The molecule has 1 fully saturated rings. The van der Waals surface area contributed by atoms with E-state index in [4.69, 9.17) is 16.3 Å². The summed E-state index contributed by atoms with van der Waals surface area (Å²) >= 11 is 5.91. The molecule has 1 aliphatic heterocycles. The number of hydrogen-bond acceptors (Lipinski definition) is 3. The van der Waals surface area contributed by atoms with Crippen LogP contribution in [0.15, 0.2) is 24.3 Å². The SMILES string of the molecule is COC(c1ccc(Cl)cc1)C(C)NC(=O)C1CCCNC1. The maximum absolute atomic E-state index is 12.3. The lowest BCUT2D eigenvalue weighted by Gasteiger charge is -2.28. The summed E-state index contributed by atoms with van der Waals surface area (Å²) in [5.74, 6) is 0.162. The highest BCUT2D eigenvalue weighted by molar-refractivity contribution is 6.30. The van der Waals surface area contributed by atoms with Gasteiger partial charge in [-0.25, -0.2) is 0 Å². The van der Waals surface area contributed by atoms with Crippen molar-refractivity contribution in [3.8, 4) is 0 Å². The molecule has 1 amide bonds. The van der Waals surface area contributed by atoms with Gasteiger partial charge in [-0.15, -0.1) is 0 Å². The van der Waals surface area contributed by atoms with Gasteiger partial charge in [0.1, 0.15) is 6.10 Å². The predicted octanol–water partition coefficient (Wildman–Crippen LogP) is 2.53. The van der Waals surface area contributed by atoms with E-state index in [0.29, 0.717) is 5.02 Å². The number of carbonyl (C=O) groups is 1. The first-order chi connectivity index (χ1) is 10.1. The van der Waals surface area contributed by atoms with Crippen LogP contribution < -0.4 is 10.6 Å². The monoisotopic (exact) mass is 310 g/mol. The average molecular weight is 311 g/mol. The minimum absolute atomic E-state index is 0.0592. The quantitative estimate of drug-likeness (QED) is 0.878. The first-order valence-electron chi connectivity index (χ1n) is 7.41. The lowest BCUT2D eigenvalue weighted by atomic mass is 9.97. The van der Waals surface area contributed by atoms with Gasteiger partial charge >= 0.3 is 0 Å². The van der Waals surface area contributed by atoms with E-state index in [0.717, 1.165) is 31.5 Å². The van der Waals surface area contributed by atoms with Gasteiger partial charge in [-0.2, -0.15) is 0 Å². The molecule has 1 aliphatic rings. The Hall–Kier alpha value is -1.10. The molecule has 21 heavy (non-hydrogen) atoms. The summed E-state index contributed by atoms with van der Waals surface area (Å²) < 4.78 is 5.55. The summed E-state index contributed by atoms with van der Waals surface area (Å²) in [6, 6.07) is 7.44. The Bertz CT molecular complexity index is 458. The zero-order valence-corrected chi connectivity index (χ0v) is 13.3. The molecule has 116 valence electrons. The number of piperidine rings is 1. The van der Waals surface area contributed by atoms with Crippen LogP contribution in [0.2, 0.25) is 5.02 Å². The zero-order chi connectivity index (χ0) is 15.2. The van der Waals surface area contributed by atoms with E-state index < -0.39 is 0 Å². The van der Waals surface area contributed by atoms with Crippen LogP contribution in [0.5, 0.6) is 0 Å². The van der Waals surface area contributed by atoms with Crippen molar-refractivity contribution in [2.24, 2.45) is 5.92 Å². The average Bonchev–Trinajstić information content (AvgIpc) is 2.50. The van der Waals surface area contributed by atoms with E-state index in [2.05, 4.69) is 10.6 Å². The molecular weight excluding hydrogens is 288 g/mol. The van der Waals surface area contributed by atoms with Gasteiger partial charge in [0.2, 0.25) is 5.91 Å². The summed E-state index contributed by atoms with van der Waals surface area (Å²) in [5.41, 5.74) is 1.01. The number of ether oxygens (including phenoxy) is 1. The number of rotatable bonds is 5. The summed E-state index contributed by atoms with van der Waals surface area (Å²) in [7, 11) is 1.66. The molecule has 0 aliphatic carbocycles. The molecular formula is C16H23ClN2O2. The number of halogens is 1. The van der Waals surface area contributed by atoms with E-state index in [1.165, 1.54) is 0 Å². The minimum atomic E-state index is -0.178. The molecule has 0 aromatic heterocycles. The van der Waals surface area contributed by atoms with Crippen LogP contribution in [0.4, 0.5) is 0 Å². The lowest BCUT2D eigenvalue weighted by molar-refractivity contribution is -0.127. The molecule has 4 nitrogen and oxygen atoms in total. The molecule has 3 unspecified atom stereocenters. The molecule has 0 saturated carbocycles. The summed E-state index contributed by atoms with van der Waals surface area (Å²) in [6.45, 7) is 3.74. The van der Waals surface area contributed by atoms with Crippen molar-refractivity contribution in [2.45, 2.75) is 31.9 Å². The van der Waals surface area contributed by atoms with Crippen molar-refractivity contribution in [1.82, 2.24) is 10.6 Å². The molecule has 5 heteroatoms. The number of benzene rings is 1. The first kappa shape index (κ1) is 16.3. The molecule has 2 rings (SSSR count). The highest BCUT2D eigenvalue weighted by Crippen LogP contribution is 2.23. The van der Waals surface area contributed by atoms with Gasteiger partial charge in [0.25, 0.3) is 0 Å². The van der Waals surface area contributed by atoms with E-state index in [1.807, 2.05) is 31.2 Å². The van der Waals surface area contributed by atoms with Crippen molar-refractivity contribution in [1.29, 1.82) is 0 Å². The maximum atomic E-state index is 12.3. The van der Waals surface area contributed by atoms with Gasteiger partial charge in [0.15, 0.2) is 0 Å². The van der Waals surface area contributed by atoms with Crippen LogP contribution in [0, 0.1) is 5.92 Å². The van der Waals surface area contributed by atoms with Gasteiger partial charge in [0.05, 0.1) is 12.0 Å². The largest absolute Gasteiger partial charge is 0.375 e. The third kappa shape index (κ3) is 4.43. The van der Waals surface area contributed by atoms with E-state index in [-0.39, 0.29) is 24.0 Å². The van der Waals surface area contributed by atoms with Crippen LogP contribution in [-0.2, 0) is 9.53 Å². The fourth-order valence-electron chi connectivity index (χ4n) is 2.77. The maximum Gasteiger partial charge on any atom is 0.224 e. The molecule has 1 heterocycles. The second-order valence-corrected chi connectivity index (χ2v) is 5.98. The van der Waals surface area contributed by atoms with Crippen LogP contribution in [0.1, 0.15) is 31.4 Å². The fourth-order valence-corrected chi connectivity index (χ4v) is 2.90. The molecule has 1 saturated heterocycles. The molecule has 1 aromatic carbocycles. The number of carbonyl (C=O) groups excluding carboxylic acids is 1.